The highest BCUT2D eigenvalue weighted by atomic mass is 16.7. The van der Waals surface area contributed by atoms with Crippen LogP contribution in [0.1, 0.15) is 53.0 Å². The van der Waals surface area contributed by atoms with Crippen molar-refractivity contribution in [2.24, 2.45) is 0 Å². The lowest BCUT2D eigenvalue weighted by atomic mass is 10.0. The second-order valence-electron chi connectivity index (χ2n) is 7.59. The Morgan fingerprint density at radius 3 is 2.54 bits per heavy atom. The van der Waals surface area contributed by atoms with Gasteiger partial charge >= 0.3 is 5.97 Å². The van der Waals surface area contributed by atoms with E-state index in [0.29, 0.717) is 6.42 Å². The van der Waals surface area contributed by atoms with Gasteiger partial charge in [-0.25, -0.2) is 0 Å². The van der Waals surface area contributed by atoms with Crippen LogP contribution in [0.25, 0.3) is 6.08 Å². The van der Waals surface area contributed by atoms with Gasteiger partial charge in [-0.05, 0) is 40.2 Å². The molecule has 2 unspecified atom stereocenters. The molecule has 0 aliphatic carbocycles. The molecule has 4 heteroatoms. The normalized spacial score (nSPS) is 24.0. The molecule has 2 atom stereocenters. The van der Waals surface area contributed by atoms with Crippen LogP contribution in [0.2, 0.25) is 0 Å². The number of hydrogen-bond donors (Lipinski definition) is 0. The molecule has 1 fully saturated rings. The Hall–Kier alpha value is -1.65. The summed E-state index contributed by atoms with van der Waals surface area (Å²) < 4.78 is 17.2. The molecule has 132 valence electrons. The molecule has 0 aromatic heterocycles. The highest BCUT2D eigenvalue weighted by Crippen LogP contribution is 2.29. The van der Waals surface area contributed by atoms with E-state index in [9.17, 15) is 4.79 Å². The average molecular weight is 332 g/mol. The second kappa shape index (κ2) is 7.49. The smallest absolute Gasteiger partial charge is 0.308 e. The van der Waals surface area contributed by atoms with Gasteiger partial charge in [-0.1, -0.05) is 42.5 Å². The zero-order valence-corrected chi connectivity index (χ0v) is 15.2. The number of carbonyl (C=O) groups is 1. The Bertz CT molecular complexity index is 569. The maximum Gasteiger partial charge on any atom is 0.308 e. The lowest BCUT2D eigenvalue weighted by molar-refractivity contribution is -0.290. The molecule has 1 aliphatic heterocycles. The van der Waals surface area contributed by atoms with Crippen LogP contribution in [0.4, 0.5) is 0 Å². The van der Waals surface area contributed by atoms with E-state index in [1.807, 2.05) is 77.1 Å². The predicted molar refractivity (Wildman–Crippen MR) is 94.4 cm³/mol. The topological polar surface area (TPSA) is 44.8 Å². The Kier molecular flexibility index (Phi) is 5.83. The molecule has 0 N–H and O–H groups in total. The molecule has 2 rings (SSSR count). The fraction of sp³-hybridized carbons (Fsp3) is 0.550. The largest absolute Gasteiger partial charge is 0.460 e. The third kappa shape index (κ3) is 6.46. The van der Waals surface area contributed by atoms with Crippen LogP contribution in [0.5, 0.6) is 0 Å². The molecule has 0 saturated carbocycles. The van der Waals surface area contributed by atoms with Crippen LogP contribution >= 0.6 is 0 Å². The number of benzene rings is 1. The van der Waals surface area contributed by atoms with Crippen molar-refractivity contribution in [3.8, 4) is 0 Å². The monoisotopic (exact) mass is 332 g/mol. The van der Waals surface area contributed by atoms with Crippen molar-refractivity contribution >= 4 is 12.0 Å². The summed E-state index contributed by atoms with van der Waals surface area (Å²) in [4.78, 5) is 12.1. The van der Waals surface area contributed by atoms with E-state index in [1.165, 1.54) is 0 Å². The zero-order chi connectivity index (χ0) is 17.8. The van der Waals surface area contributed by atoms with Crippen molar-refractivity contribution < 1.29 is 19.0 Å². The van der Waals surface area contributed by atoms with Gasteiger partial charge in [0.15, 0.2) is 5.79 Å². The van der Waals surface area contributed by atoms with Gasteiger partial charge in [0, 0.05) is 6.42 Å². The molecule has 4 nitrogen and oxygen atoms in total. The quantitative estimate of drug-likeness (QED) is 0.769. The molecule has 0 radical (unpaired) electrons. The molecular formula is C20H28O4. The molecule has 0 bridgehead atoms. The number of hydrogen-bond acceptors (Lipinski definition) is 4. The third-order valence-electron chi connectivity index (χ3n) is 3.50. The van der Waals surface area contributed by atoms with Gasteiger partial charge in [0.2, 0.25) is 0 Å². The molecule has 1 aromatic rings. The maximum atomic E-state index is 12.1. The first-order chi connectivity index (χ1) is 11.1. The van der Waals surface area contributed by atoms with E-state index in [1.54, 1.807) is 0 Å². The summed E-state index contributed by atoms with van der Waals surface area (Å²) in [6.45, 7) is 9.34. The van der Waals surface area contributed by atoms with E-state index in [-0.39, 0.29) is 24.6 Å². The van der Waals surface area contributed by atoms with E-state index < -0.39 is 11.4 Å². The summed E-state index contributed by atoms with van der Waals surface area (Å²) in [5, 5.41) is 0. The average Bonchev–Trinajstić information content (AvgIpc) is 2.42. The SMILES string of the molecule is CC(C)(C)OC(=O)CC1CC(/C=C/c2ccccc2)OC(C)(C)O1. The molecular weight excluding hydrogens is 304 g/mol. The highest BCUT2D eigenvalue weighted by molar-refractivity contribution is 5.70. The molecule has 24 heavy (non-hydrogen) atoms. The van der Waals surface area contributed by atoms with Crippen molar-refractivity contribution in [3.05, 3.63) is 42.0 Å². The Morgan fingerprint density at radius 2 is 1.92 bits per heavy atom. The van der Waals surface area contributed by atoms with Crippen LogP contribution in [0.3, 0.4) is 0 Å². The predicted octanol–water partition coefficient (Wildman–Crippen LogP) is 4.34. The number of carbonyl (C=O) groups excluding carboxylic acids is 1. The van der Waals surface area contributed by atoms with Gasteiger partial charge in [-0.3, -0.25) is 4.79 Å². The van der Waals surface area contributed by atoms with Gasteiger partial charge in [0.25, 0.3) is 0 Å². The van der Waals surface area contributed by atoms with Crippen molar-refractivity contribution in [1.29, 1.82) is 0 Å². The minimum absolute atomic E-state index is 0.0959. The molecule has 1 aliphatic rings. The number of esters is 1. The maximum absolute atomic E-state index is 12.1. The fourth-order valence-corrected chi connectivity index (χ4v) is 2.74. The summed E-state index contributed by atoms with van der Waals surface area (Å²) in [6, 6.07) is 10.1. The minimum atomic E-state index is -0.726. The van der Waals surface area contributed by atoms with Crippen molar-refractivity contribution in [2.75, 3.05) is 0 Å². The lowest BCUT2D eigenvalue weighted by Crippen LogP contribution is -2.45. The highest BCUT2D eigenvalue weighted by Gasteiger charge is 2.36. The van der Waals surface area contributed by atoms with Crippen molar-refractivity contribution in [3.63, 3.8) is 0 Å². The molecule has 0 spiro atoms. The number of ether oxygens (including phenoxy) is 3. The zero-order valence-electron chi connectivity index (χ0n) is 15.2. The Labute approximate surface area is 144 Å². The number of rotatable bonds is 4. The summed E-state index contributed by atoms with van der Waals surface area (Å²) in [5.41, 5.74) is 0.638. The summed E-state index contributed by atoms with van der Waals surface area (Å²) in [5.74, 6) is -0.965. The van der Waals surface area contributed by atoms with Gasteiger partial charge in [0.1, 0.15) is 5.60 Å². The van der Waals surface area contributed by atoms with Crippen molar-refractivity contribution in [2.45, 2.75) is 71.1 Å². The second-order valence-corrected chi connectivity index (χ2v) is 7.59. The van der Waals surface area contributed by atoms with Crippen LogP contribution < -0.4 is 0 Å². The first kappa shape index (κ1) is 18.7. The summed E-state index contributed by atoms with van der Waals surface area (Å²) >= 11 is 0. The first-order valence-corrected chi connectivity index (χ1v) is 8.44. The molecule has 1 saturated heterocycles. The van der Waals surface area contributed by atoms with Gasteiger partial charge in [0.05, 0.1) is 18.6 Å². The fourth-order valence-electron chi connectivity index (χ4n) is 2.74. The van der Waals surface area contributed by atoms with E-state index >= 15 is 0 Å². The lowest BCUT2D eigenvalue weighted by Gasteiger charge is -2.39. The van der Waals surface area contributed by atoms with Crippen LogP contribution in [0.15, 0.2) is 36.4 Å². The van der Waals surface area contributed by atoms with Crippen LogP contribution in [-0.4, -0.2) is 29.6 Å². The van der Waals surface area contributed by atoms with Crippen LogP contribution in [0, 0.1) is 0 Å². The molecule has 0 amide bonds. The molecule has 1 heterocycles. The molecule has 1 aromatic carbocycles. The van der Waals surface area contributed by atoms with Gasteiger partial charge in [-0.15, -0.1) is 0 Å². The van der Waals surface area contributed by atoms with Gasteiger partial charge < -0.3 is 14.2 Å². The van der Waals surface area contributed by atoms with E-state index in [4.69, 9.17) is 14.2 Å². The Morgan fingerprint density at radius 1 is 1.25 bits per heavy atom. The van der Waals surface area contributed by atoms with Crippen molar-refractivity contribution in [1.82, 2.24) is 0 Å². The van der Waals surface area contributed by atoms with Gasteiger partial charge in [-0.2, -0.15) is 0 Å². The first-order valence-electron chi connectivity index (χ1n) is 8.44. The standard InChI is InChI=1S/C20H28O4/c1-19(2,3)24-18(21)14-17-13-16(22-20(4,5)23-17)12-11-15-9-7-6-8-10-15/h6-12,16-17H,13-14H2,1-5H3/b12-11+. The minimum Gasteiger partial charge on any atom is -0.460 e. The summed E-state index contributed by atoms with van der Waals surface area (Å²) in [7, 11) is 0. The Balaban J connectivity index is 1.98. The van der Waals surface area contributed by atoms with E-state index in [2.05, 4.69) is 0 Å². The van der Waals surface area contributed by atoms with E-state index in [0.717, 1.165) is 5.56 Å². The third-order valence-corrected chi connectivity index (χ3v) is 3.50. The van der Waals surface area contributed by atoms with Crippen LogP contribution in [-0.2, 0) is 19.0 Å². The summed E-state index contributed by atoms with van der Waals surface area (Å²) in [6.07, 6.45) is 4.62.